The van der Waals surface area contributed by atoms with Gasteiger partial charge < -0.3 is 4.74 Å². The monoisotopic (exact) mass is 127 g/mol. The smallest absolute Gasteiger partial charge is 0.342 e. The average Bonchev–Trinajstić information content (AvgIpc) is 2.34. The normalized spacial score (nSPS) is 9.44. The Morgan fingerprint density at radius 1 is 1.78 bits per heavy atom. The number of rotatable bonds is 3. The first-order valence-electron chi connectivity index (χ1n) is 2.76. The summed E-state index contributed by atoms with van der Waals surface area (Å²) < 4.78 is 9.44. The third-order valence-electron chi connectivity index (χ3n) is 0.743. The molecule has 0 bridgehead atoms. The topological polar surface area (TPSA) is 48.2 Å². The molecule has 0 aliphatic rings. The van der Waals surface area contributed by atoms with Crippen LogP contribution in [0.3, 0.4) is 0 Å². The van der Waals surface area contributed by atoms with E-state index in [0.717, 1.165) is 6.42 Å². The van der Waals surface area contributed by atoms with Gasteiger partial charge in [0.2, 0.25) is 6.20 Å². The molecule has 49 valence electrons. The second-order valence-corrected chi connectivity index (χ2v) is 1.52. The van der Waals surface area contributed by atoms with E-state index in [9.17, 15) is 0 Å². The Labute approximate surface area is 52.8 Å². The maximum Gasteiger partial charge on any atom is 0.342 e. The van der Waals surface area contributed by atoms with Gasteiger partial charge in [0.25, 0.3) is 0 Å². The molecule has 0 N–H and O–H groups in total. The first-order chi connectivity index (χ1) is 4.43. The fourth-order valence-electron chi connectivity index (χ4n) is 0.393. The average molecular weight is 127 g/mol. The summed E-state index contributed by atoms with van der Waals surface area (Å²) in [6.45, 7) is 2.62. The Bertz CT molecular complexity index is 150. The molecule has 4 heteroatoms. The summed E-state index contributed by atoms with van der Waals surface area (Å²) >= 11 is 0. The molecule has 0 aliphatic heterocycles. The van der Waals surface area contributed by atoms with Crippen molar-refractivity contribution in [3.05, 3.63) is 6.20 Å². The van der Waals surface area contributed by atoms with Crippen LogP contribution >= 0.6 is 0 Å². The molecule has 0 saturated heterocycles. The lowest BCUT2D eigenvalue weighted by Gasteiger charge is -1.93. The number of ether oxygens (including phenoxy) is 1. The van der Waals surface area contributed by atoms with E-state index in [1.54, 1.807) is 0 Å². The van der Waals surface area contributed by atoms with E-state index in [-0.39, 0.29) is 5.95 Å². The van der Waals surface area contributed by atoms with E-state index < -0.39 is 0 Å². The highest BCUT2D eigenvalue weighted by molar-refractivity contribution is 4.88. The molecule has 9 heavy (non-hydrogen) atoms. The maximum absolute atomic E-state index is 4.95. The molecule has 0 unspecified atom stereocenters. The third-order valence-corrected chi connectivity index (χ3v) is 0.743. The second-order valence-electron chi connectivity index (χ2n) is 1.52. The number of hydrogen-bond acceptors (Lipinski definition) is 4. The minimum absolute atomic E-state index is 0.261. The Morgan fingerprint density at radius 2 is 2.67 bits per heavy atom. The van der Waals surface area contributed by atoms with Crippen molar-refractivity contribution < 1.29 is 9.26 Å². The molecule has 0 saturated carbocycles. The van der Waals surface area contributed by atoms with Crippen LogP contribution in [0.1, 0.15) is 13.3 Å². The molecule has 1 aromatic rings. The summed E-state index contributed by atoms with van der Waals surface area (Å²) in [6, 6.07) is 0. The van der Waals surface area contributed by atoms with Crippen LogP contribution in [0.5, 0.6) is 5.95 Å². The molecule has 0 spiro atoms. The SMILES string of the molecule is CCCOc1[c]nno1. The largest absolute Gasteiger partial charge is 0.462 e. The van der Waals surface area contributed by atoms with Crippen molar-refractivity contribution in [1.82, 2.24) is 10.4 Å². The summed E-state index contributed by atoms with van der Waals surface area (Å²) in [6.07, 6.45) is 3.36. The first-order valence-corrected chi connectivity index (χ1v) is 2.76. The zero-order chi connectivity index (χ0) is 6.53. The van der Waals surface area contributed by atoms with Crippen molar-refractivity contribution in [2.45, 2.75) is 13.3 Å². The minimum Gasteiger partial charge on any atom is -0.462 e. The molecular formula is C5H7N2O2. The van der Waals surface area contributed by atoms with Gasteiger partial charge in [0, 0.05) is 5.27 Å². The summed E-state index contributed by atoms with van der Waals surface area (Å²) in [5, 5.41) is 6.48. The Balaban J connectivity index is 2.30. The molecule has 1 heterocycles. The van der Waals surface area contributed by atoms with Gasteiger partial charge in [-0.25, -0.2) is 0 Å². The van der Waals surface area contributed by atoms with Crippen molar-refractivity contribution in [3.63, 3.8) is 0 Å². The summed E-state index contributed by atoms with van der Waals surface area (Å²) in [7, 11) is 0. The van der Waals surface area contributed by atoms with Crippen molar-refractivity contribution in [2.24, 2.45) is 0 Å². The van der Waals surface area contributed by atoms with E-state index in [1.165, 1.54) is 0 Å². The molecule has 0 atom stereocenters. The van der Waals surface area contributed by atoms with Crippen LogP contribution in [0.4, 0.5) is 0 Å². The molecule has 4 nitrogen and oxygen atoms in total. The van der Waals surface area contributed by atoms with Gasteiger partial charge in [-0.2, -0.15) is 0 Å². The zero-order valence-electron chi connectivity index (χ0n) is 5.13. The van der Waals surface area contributed by atoms with Gasteiger partial charge in [-0.1, -0.05) is 6.92 Å². The molecule has 0 fully saturated rings. The maximum atomic E-state index is 4.95. The lowest BCUT2D eigenvalue weighted by Crippen LogP contribution is -1.92. The quantitative estimate of drug-likeness (QED) is 0.598. The second kappa shape index (κ2) is 3.06. The van der Waals surface area contributed by atoms with Crippen molar-refractivity contribution in [1.29, 1.82) is 0 Å². The van der Waals surface area contributed by atoms with Crippen LogP contribution in [0.2, 0.25) is 0 Å². The van der Waals surface area contributed by atoms with Crippen LogP contribution < -0.4 is 4.74 Å². The van der Waals surface area contributed by atoms with Gasteiger partial charge in [0.15, 0.2) is 0 Å². The van der Waals surface area contributed by atoms with E-state index in [1.807, 2.05) is 6.92 Å². The third kappa shape index (κ3) is 1.71. The van der Waals surface area contributed by atoms with Crippen LogP contribution in [0.25, 0.3) is 0 Å². The highest BCUT2D eigenvalue weighted by Crippen LogP contribution is 2.02. The van der Waals surface area contributed by atoms with E-state index in [4.69, 9.17) is 4.74 Å². The number of hydrogen-bond donors (Lipinski definition) is 0. The summed E-state index contributed by atoms with van der Waals surface area (Å²) in [4.78, 5) is 0. The minimum atomic E-state index is 0.261. The van der Waals surface area contributed by atoms with Gasteiger partial charge >= 0.3 is 5.95 Å². The number of nitrogens with zero attached hydrogens (tertiary/aromatic N) is 2. The van der Waals surface area contributed by atoms with Gasteiger partial charge in [0.1, 0.15) is 0 Å². The summed E-state index contributed by atoms with van der Waals surface area (Å²) in [5.41, 5.74) is 0. The van der Waals surface area contributed by atoms with Crippen LogP contribution in [-0.2, 0) is 0 Å². The van der Waals surface area contributed by atoms with E-state index >= 15 is 0 Å². The molecule has 0 amide bonds. The van der Waals surface area contributed by atoms with Gasteiger partial charge in [-0.15, -0.1) is 5.10 Å². The standard InChI is InChI=1S/C5H7N2O2/c1-2-3-8-5-4-6-7-9-5/h2-3H2,1H3. The molecule has 1 rings (SSSR count). The van der Waals surface area contributed by atoms with Gasteiger partial charge in [-0.05, 0) is 6.42 Å². The van der Waals surface area contributed by atoms with Crippen LogP contribution in [0.15, 0.2) is 4.52 Å². The molecule has 0 aromatic carbocycles. The Hall–Kier alpha value is -1.06. The van der Waals surface area contributed by atoms with Gasteiger partial charge in [-0.3, -0.25) is 4.52 Å². The molecule has 1 radical (unpaired) electrons. The Kier molecular flexibility index (Phi) is 2.06. The highest BCUT2D eigenvalue weighted by atomic mass is 16.6. The van der Waals surface area contributed by atoms with Crippen LogP contribution in [0, 0.1) is 6.20 Å². The lowest BCUT2D eigenvalue weighted by molar-refractivity contribution is 0.210. The molecular weight excluding hydrogens is 120 g/mol. The fourth-order valence-corrected chi connectivity index (χ4v) is 0.393. The first kappa shape index (κ1) is 6.07. The Morgan fingerprint density at radius 3 is 3.22 bits per heavy atom. The zero-order valence-corrected chi connectivity index (χ0v) is 5.13. The molecule has 0 aliphatic carbocycles. The van der Waals surface area contributed by atoms with Crippen molar-refractivity contribution >= 4 is 0 Å². The highest BCUT2D eigenvalue weighted by Gasteiger charge is 1.95. The van der Waals surface area contributed by atoms with Crippen molar-refractivity contribution in [2.75, 3.05) is 6.61 Å². The van der Waals surface area contributed by atoms with E-state index in [0.29, 0.717) is 6.61 Å². The van der Waals surface area contributed by atoms with Gasteiger partial charge in [0.05, 0.1) is 6.61 Å². The predicted molar refractivity (Wildman–Crippen MR) is 28.9 cm³/mol. The van der Waals surface area contributed by atoms with E-state index in [2.05, 4.69) is 21.1 Å². The lowest BCUT2D eigenvalue weighted by atomic mass is 10.5. The summed E-state index contributed by atoms with van der Waals surface area (Å²) in [5.74, 6) is 0.261. The van der Waals surface area contributed by atoms with Crippen molar-refractivity contribution in [3.8, 4) is 5.95 Å². The number of aromatic nitrogens is 2. The predicted octanol–water partition coefficient (Wildman–Crippen LogP) is 0.659. The van der Waals surface area contributed by atoms with Crippen LogP contribution in [-0.4, -0.2) is 17.0 Å². The molecule has 1 aromatic heterocycles. The fraction of sp³-hybridized carbons (Fsp3) is 0.600.